The zero-order valence-electron chi connectivity index (χ0n) is 14.0. The number of hydrogen-bond acceptors (Lipinski definition) is 3. The molecule has 3 rings (SSSR count). The number of benzene rings is 2. The number of amides is 2. The van der Waals surface area contributed by atoms with E-state index in [1.54, 1.807) is 41.3 Å². The standard InChI is InChI=1S/C19H20FN3O2/c1-12-17-7-4-15(20)10-14(17)8-9-23(12)18(24)11-22-16-5-2-13(3-6-16)19(21)25/h2-7,10,12,22H,8-9,11H2,1H3,(H2,21,25). The number of rotatable bonds is 4. The zero-order valence-corrected chi connectivity index (χ0v) is 14.0. The molecule has 0 saturated carbocycles. The van der Waals surface area contributed by atoms with Gasteiger partial charge in [-0.3, -0.25) is 9.59 Å². The second-order valence-electron chi connectivity index (χ2n) is 6.15. The number of carbonyl (C=O) groups excluding carboxylic acids is 2. The van der Waals surface area contributed by atoms with E-state index >= 15 is 0 Å². The molecule has 1 atom stereocenters. The summed E-state index contributed by atoms with van der Waals surface area (Å²) in [4.78, 5) is 25.4. The third-order valence-corrected chi connectivity index (χ3v) is 4.58. The number of nitrogens with two attached hydrogens (primary N) is 1. The molecule has 130 valence electrons. The van der Waals surface area contributed by atoms with Gasteiger partial charge in [-0.25, -0.2) is 4.39 Å². The number of halogens is 1. The van der Waals surface area contributed by atoms with Crippen LogP contribution in [0.2, 0.25) is 0 Å². The summed E-state index contributed by atoms with van der Waals surface area (Å²) in [6.07, 6.45) is 0.649. The second-order valence-corrected chi connectivity index (χ2v) is 6.15. The minimum Gasteiger partial charge on any atom is -0.376 e. The van der Waals surface area contributed by atoms with Gasteiger partial charge in [-0.1, -0.05) is 6.07 Å². The maximum Gasteiger partial charge on any atom is 0.248 e. The molecule has 5 nitrogen and oxygen atoms in total. The molecule has 0 aliphatic carbocycles. The molecule has 2 amide bonds. The van der Waals surface area contributed by atoms with Gasteiger partial charge in [0.05, 0.1) is 12.6 Å². The first-order chi connectivity index (χ1) is 12.0. The Balaban J connectivity index is 1.63. The van der Waals surface area contributed by atoms with Gasteiger partial charge in [0, 0.05) is 17.8 Å². The number of nitrogens with one attached hydrogen (secondary N) is 1. The van der Waals surface area contributed by atoms with E-state index in [-0.39, 0.29) is 24.3 Å². The first kappa shape index (κ1) is 17.0. The van der Waals surface area contributed by atoms with Crippen LogP contribution in [0.15, 0.2) is 42.5 Å². The molecule has 1 unspecified atom stereocenters. The van der Waals surface area contributed by atoms with Crippen molar-refractivity contribution in [3.05, 3.63) is 65.0 Å². The molecule has 0 saturated heterocycles. The molecule has 0 spiro atoms. The van der Waals surface area contributed by atoms with Crippen LogP contribution in [-0.2, 0) is 11.2 Å². The van der Waals surface area contributed by atoms with E-state index < -0.39 is 5.91 Å². The fourth-order valence-corrected chi connectivity index (χ4v) is 3.17. The van der Waals surface area contributed by atoms with Gasteiger partial charge >= 0.3 is 0 Å². The fourth-order valence-electron chi connectivity index (χ4n) is 3.17. The van der Waals surface area contributed by atoms with Gasteiger partial charge in [0.1, 0.15) is 5.82 Å². The summed E-state index contributed by atoms with van der Waals surface area (Å²) in [5.74, 6) is -0.756. The molecule has 0 bridgehead atoms. The van der Waals surface area contributed by atoms with Gasteiger partial charge in [0.2, 0.25) is 11.8 Å². The molecule has 0 aromatic heterocycles. The Morgan fingerprint density at radius 2 is 1.96 bits per heavy atom. The van der Waals surface area contributed by atoms with Crippen LogP contribution in [0.4, 0.5) is 10.1 Å². The van der Waals surface area contributed by atoms with Gasteiger partial charge in [-0.05, 0) is 60.9 Å². The SMILES string of the molecule is CC1c2ccc(F)cc2CCN1C(=O)CNc1ccc(C(N)=O)cc1. The maximum atomic E-state index is 13.3. The normalized spacial score (nSPS) is 16.2. The number of anilines is 1. The largest absolute Gasteiger partial charge is 0.376 e. The Bertz CT molecular complexity index is 805. The molecule has 3 N–H and O–H groups in total. The molecule has 2 aromatic rings. The molecule has 0 fully saturated rings. The minimum absolute atomic E-state index is 0.0264. The van der Waals surface area contributed by atoms with E-state index in [9.17, 15) is 14.0 Å². The lowest BCUT2D eigenvalue weighted by Gasteiger charge is -2.35. The van der Waals surface area contributed by atoms with Crippen LogP contribution in [0.3, 0.4) is 0 Å². The van der Waals surface area contributed by atoms with Gasteiger partial charge in [0.25, 0.3) is 0 Å². The van der Waals surface area contributed by atoms with Crippen molar-refractivity contribution in [2.24, 2.45) is 5.73 Å². The smallest absolute Gasteiger partial charge is 0.248 e. The summed E-state index contributed by atoms with van der Waals surface area (Å²) < 4.78 is 13.3. The van der Waals surface area contributed by atoms with Crippen molar-refractivity contribution in [1.82, 2.24) is 4.90 Å². The third-order valence-electron chi connectivity index (χ3n) is 4.58. The number of carbonyl (C=O) groups is 2. The Morgan fingerprint density at radius 1 is 1.24 bits per heavy atom. The molecule has 0 radical (unpaired) electrons. The third kappa shape index (κ3) is 3.63. The average molecular weight is 341 g/mol. The monoisotopic (exact) mass is 341 g/mol. The first-order valence-corrected chi connectivity index (χ1v) is 8.17. The zero-order chi connectivity index (χ0) is 18.0. The lowest BCUT2D eigenvalue weighted by atomic mass is 9.93. The lowest BCUT2D eigenvalue weighted by Crippen LogP contribution is -2.41. The minimum atomic E-state index is -0.486. The quantitative estimate of drug-likeness (QED) is 0.897. The van der Waals surface area contributed by atoms with Gasteiger partial charge < -0.3 is 16.0 Å². The highest BCUT2D eigenvalue weighted by Crippen LogP contribution is 2.29. The van der Waals surface area contributed by atoms with Crippen LogP contribution in [0, 0.1) is 5.82 Å². The molecule has 1 heterocycles. The first-order valence-electron chi connectivity index (χ1n) is 8.17. The van der Waals surface area contributed by atoms with Crippen LogP contribution in [0.5, 0.6) is 0 Å². The number of fused-ring (bicyclic) bond motifs is 1. The van der Waals surface area contributed by atoms with E-state index in [1.807, 2.05) is 6.92 Å². The highest BCUT2D eigenvalue weighted by molar-refractivity contribution is 5.93. The molecular weight excluding hydrogens is 321 g/mol. The van der Waals surface area contributed by atoms with E-state index in [0.717, 1.165) is 16.8 Å². The highest BCUT2D eigenvalue weighted by Gasteiger charge is 2.27. The van der Waals surface area contributed by atoms with Gasteiger partial charge in [-0.2, -0.15) is 0 Å². The predicted molar refractivity (Wildman–Crippen MR) is 93.7 cm³/mol. The van der Waals surface area contributed by atoms with Gasteiger partial charge in [0.15, 0.2) is 0 Å². The molecule has 25 heavy (non-hydrogen) atoms. The summed E-state index contributed by atoms with van der Waals surface area (Å²) >= 11 is 0. The molecule has 1 aliphatic heterocycles. The average Bonchev–Trinajstić information content (AvgIpc) is 2.60. The fraction of sp³-hybridized carbons (Fsp3) is 0.263. The molecule has 1 aliphatic rings. The van der Waals surface area contributed by atoms with E-state index in [2.05, 4.69) is 5.32 Å². The molecular formula is C19H20FN3O2. The lowest BCUT2D eigenvalue weighted by molar-refractivity contribution is -0.131. The second kappa shape index (κ2) is 6.93. The number of nitrogens with zero attached hydrogens (tertiary/aromatic N) is 1. The van der Waals surface area contributed by atoms with Crippen molar-refractivity contribution in [2.45, 2.75) is 19.4 Å². The van der Waals surface area contributed by atoms with E-state index in [0.29, 0.717) is 18.5 Å². The summed E-state index contributed by atoms with van der Waals surface area (Å²) in [6, 6.07) is 11.3. The van der Waals surface area contributed by atoms with Crippen LogP contribution in [-0.4, -0.2) is 29.8 Å². The van der Waals surface area contributed by atoms with Crippen molar-refractivity contribution in [2.75, 3.05) is 18.4 Å². The van der Waals surface area contributed by atoms with Gasteiger partial charge in [-0.15, -0.1) is 0 Å². The number of hydrogen-bond donors (Lipinski definition) is 2. The van der Waals surface area contributed by atoms with E-state index in [4.69, 9.17) is 5.73 Å². The molecule has 6 heteroatoms. The van der Waals surface area contributed by atoms with Crippen molar-refractivity contribution in [3.63, 3.8) is 0 Å². The Kier molecular flexibility index (Phi) is 4.70. The Morgan fingerprint density at radius 3 is 2.64 bits per heavy atom. The van der Waals surface area contributed by atoms with Crippen LogP contribution < -0.4 is 11.1 Å². The van der Waals surface area contributed by atoms with Crippen LogP contribution in [0.1, 0.15) is 34.5 Å². The Hall–Kier alpha value is -2.89. The maximum absolute atomic E-state index is 13.3. The van der Waals surface area contributed by atoms with Crippen molar-refractivity contribution >= 4 is 17.5 Å². The topological polar surface area (TPSA) is 75.4 Å². The molecule has 2 aromatic carbocycles. The van der Waals surface area contributed by atoms with E-state index in [1.165, 1.54) is 6.07 Å². The number of primary amides is 1. The van der Waals surface area contributed by atoms with Crippen molar-refractivity contribution in [3.8, 4) is 0 Å². The summed E-state index contributed by atoms with van der Waals surface area (Å²) in [5.41, 5.74) is 8.32. The summed E-state index contributed by atoms with van der Waals surface area (Å²) in [7, 11) is 0. The summed E-state index contributed by atoms with van der Waals surface area (Å²) in [6.45, 7) is 2.67. The van der Waals surface area contributed by atoms with Crippen molar-refractivity contribution < 1.29 is 14.0 Å². The predicted octanol–water partition coefficient (Wildman–Crippen LogP) is 2.48. The Labute approximate surface area is 145 Å². The summed E-state index contributed by atoms with van der Waals surface area (Å²) in [5, 5.41) is 3.06. The van der Waals surface area contributed by atoms with Crippen LogP contribution in [0.25, 0.3) is 0 Å². The van der Waals surface area contributed by atoms with Crippen molar-refractivity contribution in [1.29, 1.82) is 0 Å². The highest BCUT2D eigenvalue weighted by atomic mass is 19.1. The van der Waals surface area contributed by atoms with Crippen LogP contribution >= 0.6 is 0 Å².